The van der Waals surface area contributed by atoms with Gasteiger partial charge in [0.2, 0.25) is 5.91 Å². The lowest BCUT2D eigenvalue weighted by atomic mass is 9.83. The van der Waals surface area contributed by atoms with Crippen LogP contribution in [0.5, 0.6) is 0 Å². The van der Waals surface area contributed by atoms with Crippen LogP contribution in [0.15, 0.2) is 76.9 Å². The minimum Gasteiger partial charge on any atom is -0.340 e. The largest absolute Gasteiger partial charge is 0.416 e. The summed E-state index contributed by atoms with van der Waals surface area (Å²) < 4.78 is 41.0. The van der Waals surface area contributed by atoms with Crippen molar-refractivity contribution >= 4 is 35.0 Å². The zero-order valence-corrected chi connectivity index (χ0v) is 23.4. The van der Waals surface area contributed by atoms with Crippen LogP contribution in [0.1, 0.15) is 48.4 Å². The maximum atomic E-state index is 14.4. The number of nitrogens with zero attached hydrogens (tertiary/aromatic N) is 5. The summed E-state index contributed by atoms with van der Waals surface area (Å²) in [5.41, 5.74) is 1.08. The molecule has 1 aliphatic carbocycles. The van der Waals surface area contributed by atoms with E-state index in [1.54, 1.807) is 35.2 Å². The molecule has 4 aliphatic rings. The number of fused-ring (bicyclic) bond motifs is 1. The number of Topliss-reactive ketones (excluding diaryl/α,β-unsaturated/α-hetero) is 1. The molecule has 1 fully saturated rings. The van der Waals surface area contributed by atoms with Gasteiger partial charge < -0.3 is 9.80 Å². The molecule has 3 aliphatic heterocycles. The number of benzene rings is 2. The average Bonchev–Trinajstić information content (AvgIpc) is 3.01. The van der Waals surface area contributed by atoms with Crippen LogP contribution in [0.25, 0.3) is 0 Å². The van der Waals surface area contributed by atoms with Gasteiger partial charge in [0.25, 0.3) is 5.91 Å². The quantitative estimate of drug-likeness (QED) is 0.492. The van der Waals surface area contributed by atoms with Gasteiger partial charge in [-0.25, -0.2) is 9.79 Å². The van der Waals surface area contributed by atoms with Crippen molar-refractivity contribution in [3.63, 3.8) is 0 Å². The Morgan fingerprint density at radius 3 is 2.55 bits per heavy atom. The van der Waals surface area contributed by atoms with Crippen LogP contribution in [0.4, 0.5) is 23.7 Å². The fraction of sp³-hybridized carbons (Fsp3) is 0.312. The monoisotopic (exact) mass is 601 g/mol. The highest BCUT2D eigenvalue weighted by molar-refractivity contribution is 6.08. The minimum absolute atomic E-state index is 0.0569. The van der Waals surface area contributed by atoms with Crippen LogP contribution in [-0.2, 0) is 20.6 Å². The molecule has 0 spiro atoms. The molecule has 2 atom stereocenters. The Balaban J connectivity index is 1.43. The van der Waals surface area contributed by atoms with Crippen LogP contribution in [0.3, 0.4) is 0 Å². The zero-order valence-electron chi connectivity index (χ0n) is 23.4. The lowest BCUT2D eigenvalue weighted by Gasteiger charge is -2.45. The van der Waals surface area contributed by atoms with E-state index >= 15 is 0 Å². The van der Waals surface area contributed by atoms with Crippen molar-refractivity contribution in [3.05, 3.63) is 88.6 Å². The van der Waals surface area contributed by atoms with Crippen molar-refractivity contribution in [1.82, 2.24) is 9.80 Å². The number of urea groups is 1. The van der Waals surface area contributed by atoms with Gasteiger partial charge in [0.05, 0.1) is 28.9 Å². The van der Waals surface area contributed by atoms with Crippen molar-refractivity contribution in [2.45, 2.75) is 37.9 Å². The molecule has 2 aromatic carbocycles. The van der Waals surface area contributed by atoms with Gasteiger partial charge in [0.1, 0.15) is 6.54 Å². The normalized spacial score (nSPS) is 22.0. The van der Waals surface area contributed by atoms with Crippen LogP contribution in [0.2, 0.25) is 0 Å². The Morgan fingerprint density at radius 1 is 1.05 bits per heavy atom. The molecule has 1 saturated heterocycles. The molecule has 0 saturated carbocycles. The summed E-state index contributed by atoms with van der Waals surface area (Å²) in [5, 5.41) is 9.32. The van der Waals surface area contributed by atoms with E-state index in [0.717, 1.165) is 17.0 Å². The molecule has 44 heavy (non-hydrogen) atoms. The lowest BCUT2D eigenvalue weighted by Crippen LogP contribution is -2.56. The third kappa shape index (κ3) is 5.30. The Bertz CT molecular complexity index is 1700. The second kappa shape index (κ2) is 11.2. The molecule has 0 radical (unpaired) electrons. The zero-order chi connectivity index (χ0) is 31.2. The minimum atomic E-state index is -4.66. The highest BCUT2D eigenvalue weighted by Gasteiger charge is 2.46. The van der Waals surface area contributed by atoms with E-state index in [2.05, 4.69) is 4.99 Å². The molecule has 0 N–H and O–H groups in total. The first-order chi connectivity index (χ1) is 21.0. The molecule has 0 aromatic heterocycles. The predicted octanol–water partition coefficient (Wildman–Crippen LogP) is 4.95. The maximum absolute atomic E-state index is 14.4. The number of aliphatic imine (C=N–C) groups is 1. The number of alkyl halides is 3. The average molecular weight is 602 g/mol. The van der Waals surface area contributed by atoms with E-state index in [0.29, 0.717) is 35.4 Å². The van der Waals surface area contributed by atoms with Gasteiger partial charge in [0, 0.05) is 54.9 Å². The molecule has 9 nitrogen and oxygen atoms in total. The van der Waals surface area contributed by atoms with Gasteiger partial charge in [-0.15, -0.1) is 0 Å². The summed E-state index contributed by atoms with van der Waals surface area (Å²) in [6.07, 6.45) is -0.366. The number of hydrogen-bond acceptors (Lipinski definition) is 5. The molecule has 2 aromatic rings. The van der Waals surface area contributed by atoms with Crippen molar-refractivity contribution < 1.29 is 32.3 Å². The number of anilines is 1. The Hall–Kier alpha value is -5.05. The molecule has 3 heterocycles. The Morgan fingerprint density at radius 2 is 1.82 bits per heavy atom. The second-order valence-electron chi connectivity index (χ2n) is 11.1. The molecule has 4 amide bonds. The molecule has 12 heteroatoms. The SMILES string of the molecule is N#Cc1ccc(C2C3=C(CCCC3=O)N(c3cccc(C(F)(F)F)c3)C(=O)N2CC(=O)N2CCC3=NC(=O)C=CC3C2)cc1. The highest BCUT2D eigenvalue weighted by atomic mass is 19.4. The number of ketones is 1. The third-order valence-electron chi connectivity index (χ3n) is 8.37. The van der Waals surface area contributed by atoms with Crippen LogP contribution in [-0.4, -0.2) is 58.8 Å². The van der Waals surface area contributed by atoms with Gasteiger partial charge in [-0.3, -0.25) is 19.3 Å². The number of carbonyl (C=O) groups is 4. The first-order valence-electron chi connectivity index (χ1n) is 14.2. The number of nitriles is 1. The number of piperidine rings is 1. The summed E-state index contributed by atoms with van der Waals surface area (Å²) in [7, 11) is 0. The van der Waals surface area contributed by atoms with Crippen molar-refractivity contribution in [2.75, 3.05) is 24.5 Å². The van der Waals surface area contributed by atoms with E-state index in [1.807, 2.05) is 6.07 Å². The molecule has 0 bridgehead atoms. The topological polar surface area (TPSA) is 114 Å². The first kappa shape index (κ1) is 29.0. The van der Waals surface area contributed by atoms with E-state index in [-0.39, 0.29) is 54.8 Å². The number of hydrogen-bond donors (Lipinski definition) is 0. The molecule has 224 valence electrons. The number of allylic oxidation sites excluding steroid dienone is 1. The fourth-order valence-electron chi connectivity index (χ4n) is 6.26. The van der Waals surface area contributed by atoms with E-state index in [9.17, 15) is 37.6 Å². The third-order valence-corrected chi connectivity index (χ3v) is 8.37. The van der Waals surface area contributed by atoms with Crippen molar-refractivity contribution in [1.29, 1.82) is 5.26 Å². The summed E-state index contributed by atoms with van der Waals surface area (Å²) >= 11 is 0. The number of dihydropyridines is 1. The number of rotatable bonds is 4. The molecular weight excluding hydrogens is 575 g/mol. The molecule has 6 rings (SSSR count). The van der Waals surface area contributed by atoms with Gasteiger partial charge in [-0.2, -0.15) is 18.4 Å². The van der Waals surface area contributed by atoms with Crippen molar-refractivity contribution in [2.24, 2.45) is 10.9 Å². The Kier molecular flexibility index (Phi) is 7.41. The van der Waals surface area contributed by atoms with E-state index in [1.165, 1.54) is 23.1 Å². The van der Waals surface area contributed by atoms with Crippen LogP contribution >= 0.6 is 0 Å². The highest BCUT2D eigenvalue weighted by Crippen LogP contribution is 2.45. The number of amides is 4. The van der Waals surface area contributed by atoms with E-state index in [4.69, 9.17) is 0 Å². The summed E-state index contributed by atoms with van der Waals surface area (Å²) in [5.74, 6) is -1.28. The van der Waals surface area contributed by atoms with E-state index < -0.39 is 36.3 Å². The number of halogens is 3. The van der Waals surface area contributed by atoms with Gasteiger partial charge in [-0.05, 0) is 48.7 Å². The van der Waals surface area contributed by atoms with Gasteiger partial charge in [-0.1, -0.05) is 24.3 Å². The lowest BCUT2D eigenvalue weighted by molar-refractivity contribution is -0.137. The standard InChI is InChI=1S/C32H26F3N5O4/c33-32(34,35)22-3-1-4-23(15-22)40-25-5-2-6-26(41)29(25)30(20-9-7-19(16-36)8-10-20)39(31(40)44)18-28(43)38-14-13-24-21(17-38)11-12-27(42)37-24/h1,3-4,7-12,15,21,30H,2,5-6,13-14,17-18H2. The first-order valence-corrected chi connectivity index (χ1v) is 14.2. The maximum Gasteiger partial charge on any atom is 0.416 e. The second-order valence-corrected chi connectivity index (χ2v) is 11.1. The molecular formula is C32H26F3N5O4. The summed E-state index contributed by atoms with van der Waals surface area (Å²) in [6, 6.07) is 11.0. The van der Waals surface area contributed by atoms with Crippen LogP contribution < -0.4 is 4.90 Å². The Labute approximate surface area is 250 Å². The predicted molar refractivity (Wildman–Crippen MR) is 152 cm³/mol. The summed E-state index contributed by atoms with van der Waals surface area (Å²) in [6.45, 7) is 0.0587. The number of carbonyl (C=O) groups excluding carboxylic acids is 4. The van der Waals surface area contributed by atoms with Crippen molar-refractivity contribution in [3.8, 4) is 6.07 Å². The van der Waals surface area contributed by atoms with Gasteiger partial charge in [0.15, 0.2) is 5.78 Å². The fourth-order valence-corrected chi connectivity index (χ4v) is 6.26. The molecule has 2 unspecified atom stereocenters. The van der Waals surface area contributed by atoms with Gasteiger partial charge >= 0.3 is 12.2 Å². The number of likely N-dealkylation sites (tertiary alicyclic amines) is 1. The van der Waals surface area contributed by atoms with Crippen LogP contribution in [0, 0.1) is 17.2 Å². The smallest absolute Gasteiger partial charge is 0.340 e. The summed E-state index contributed by atoms with van der Waals surface area (Å²) in [4.78, 5) is 61.4.